The molecule has 0 spiro atoms. The number of halogens is 2. The molecular formula is C24H18Br2N4O4. The highest BCUT2D eigenvalue weighted by molar-refractivity contribution is 9.10. The van der Waals surface area contributed by atoms with Gasteiger partial charge in [0.05, 0.1) is 26.5 Å². The number of nitrogens with zero attached hydrogens (tertiary/aromatic N) is 4. The Labute approximate surface area is 211 Å². The number of nitro benzene ring substituents is 1. The number of aromatic nitrogens is 2. The molecule has 0 fully saturated rings. The third-order valence-corrected chi connectivity index (χ3v) is 6.08. The molecule has 0 aliphatic rings. The van der Waals surface area contributed by atoms with Crippen LogP contribution in [0.4, 0.5) is 5.69 Å². The first kappa shape index (κ1) is 23.8. The molecule has 8 nitrogen and oxygen atoms in total. The third-order valence-electron chi connectivity index (χ3n) is 5.00. The van der Waals surface area contributed by atoms with Crippen molar-refractivity contribution < 1.29 is 9.66 Å². The fourth-order valence-electron chi connectivity index (χ4n) is 3.43. The Morgan fingerprint density at radius 1 is 1.15 bits per heavy atom. The average Bonchev–Trinajstić information content (AvgIpc) is 2.78. The monoisotopic (exact) mass is 584 g/mol. The molecule has 172 valence electrons. The number of hydrogen-bond donors (Lipinski definition) is 0. The Kier molecular flexibility index (Phi) is 6.90. The molecule has 4 rings (SSSR count). The van der Waals surface area contributed by atoms with Crippen LogP contribution in [0.5, 0.6) is 5.75 Å². The zero-order valence-electron chi connectivity index (χ0n) is 18.2. The van der Waals surface area contributed by atoms with Crippen molar-refractivity contribution in [2.75, 3.05) is 0 Å². The molecule has 0 unspecified atom stereocenters. The van der Waals surface area contributed by atoms with Crippen LogP contribution in [-0.2, 0) is 6.61 Å². The van der Waals surface area contributed by atoms with Crippen molar-refractivity contribution in [3.63, 3.8) is 0 Å². The van der Waals surface area contributed by atoms with Crippen LogP contribution in [0.15, 0.2) is 73.4 Å². The molecule has 0 aliphatic heterocycles. The molecule has 0 saturated heterocycles. The number of aryl methyl sites for hydroxylation is 2. The predicted molar refractivity (Wildman–Crippen MR) is 138 cm³/mol. The number of hydrogen-bond acceptors (Lipinski definition) is 6. The number of ether oxygens (including phenoxy) is 1. The quantitative estimate of drug-likeness (QED) is 0.159. The van der Waals surface area contributed by atoms with E-state index in [0.717, 1.165) is 20.3 Å². The minimum absolute atomic E-state index is 0.120. The molecule has 10 heteroatoms. The van der Waals surface area contributed by atoms with Gasteiger partial charge >= 0.3 is 5.69 Å². The minimum Gasteiger partial charge on any atom is -0.481 e. The second kappa shape index (κ2) is 9.86. The van der Waals surface area contributed by atoms with E-state index in [2.05, 4.69) is 41.9 Å². The summed E-state index contributed by atoms with van der Waals surface area (Å²) in [7, 11) is 0. The van der Waals surface area contributed by atoms with Crippen molar-refractivity contribution in [2.45, 2.75) is 20.5 Å². The van der Waals surface area contributed by atoms with Crippen LogP contribution in [0.3, 0.4) is 0 Å². The number of benzene rings is 3. The Morgan fingerprint density at radius 3 is 2.68 bits per heavy atom. The Bertz CT molecular complexity index is 1520. The van der Waals surface area contributed by atoms with Gasteiger partial charge in [-0.3, -0.25) is 14.9 Å². The molecular weight excluding hydrogens is 568 g/mol. The van der Waals surface area contributed by atoms with Gasteiger partial charge in [0.15, 0.2) is 0 Å². The van der Waals surface area contributed by atoms with Gasteiger partial charge in [0.25, 0.3) is 5.56 Å². The van der Waals surface area contributed by atoms with Gasteiger partial charge in [-0.2, -0.15) is 9.78 Å². The van der Waals surface area contributed by atoms with E-state index in [1.54, 1.807) is 31.2 Å². The maximum Gasteiger partial charge on any atom is 0.312 e. The topological polar surface area (TPSA) is 99.6 Å². The van der Waals surface area contributed by atoms with E-state index >= 15 is 0 Å². The fourth-order valence-corrected chi connectivity index (χ4v) is 4.37. The highest BCUT2D eigenvalue weighted by Crippen LogP contribution is 2.36. The summed E-state index contributed by atoms with van der Waals surface area (Å²) in [5, 5.41) is 16.4. The molecule has 0 bridgehead atoms. The largest absolute Gasteiger partial charge is 0.481 e. The second-order valence-electron chi connectivity index (χ2n) is 7.57. The third kappa shape index (κ3) is 5.07. The zero-order chi connectivity index (χ0) is 24.4. The van der Waals surface area contributed by atoms with Crippen molar-refractivity contribution in [2.24, 2.45) is 5.10 Å². The molecule has 0 atom stereocenters. The molecule has 0 aliphatic carbocycles. The lowest BCUT2D eigenvalue weighted by molar-refractivity contribution is -0.386. The SMILES string of the molecule is Cc1cccc(COc2c(Br)cc(C=Nn3c(C)nc4ccc(Br)cc4c3=O)cc2[N+](=O)[O-])c1. The lowest BCUT2D eigenvalue weighted by Gasteiger charge is -2.10. The lowest BCUT2D eigenvalue weighted by Crippen LogP contribution is -2.20. The van der Waals surface area contributed by atoms with Crippen molar-refractivity contribution in [3.05, 3.63) is 107 Å². The summed E-state index contributed by atoms with van der Waals surface area (Å²) in [6.45, 7) is 3.81. The summed E-state index contributed by atoms with van der Waals surface area (Å²) in [5.74, 6) is 0.511. The first-order valence-electron chi connectivity index (χ1n) is 10.1. The van der Waals surface area contributed by atoms with Crippen LogP contribution in [-0.4, -0.2) is 20.8 Å². The van der Waals surface area contributed by atoms with Crippen LogP contribution in [0.2, 0.25) is 0 Å². The molecule has 0 N–H and O–H groups in total. The van der Waals surface area contributed by atoms with Gasteiger partial charge in [-0.25, -0.2) is 4.98 Å². The van der Waals surface area contributed by atoms with Gasteiger partial charge in [0.2, 0.25) is 5.75 Å². The van der Waals surface area contributed by atoms with E-state index in [1.165, 1.54) is 12.3 Å². The van der Waals surface area contributed by atoms with Crippen molar-refractivity contribution >= 4 is 54.7 Å². The smallest absolute Gasteiger partial charge is 0.312 e. The Balaban J connectivity index is 1.68. The van der Waals surface area contributed by atoms with E-state index < -0.39 is 4.92 Å². The molecule has 1 aromatic heterocycles. The van der Waals surface area contributed by atoms with Crippen LogP contribution < -0.4 is 10.3 Å². The van der Waals surface area contributed by atoms with Crippen molar-refractivity contribution in [1.82, 2.24) is 9.66 Å². The minimum atomic E-state index is -0.514. The van der Waals surface area contributed by atoms with Crippen LogP contribution >= 0.6 is 31.9 Å². The summed E-state index contributed by atoms with van der Waals surface area (Å²) in [5.41, 5.74) is 2.40. The number of fused-ring (bicyclic) bond motifs is 1. The first-order chi connectivity index (χ1) is 16.2. The molecule has 4 aromatic rings. The second-order valence-corrected chi connectivity index (χ2v) is 9.34. The molecule has 0 amide bonds. The molecule has 0 radical (unpaired) electrons. The Hall–Kier alpha value is -3.37. The molecule has 34 heavy (non-hydrogen) atoms. The van der Waals surface area contributed by atoms with E-state index in [0.29, 0.717) is 26.8 Å². The van der Waals surface area contributed by atoms with Crippen molar-refractivity contribution in [3.8, 4) is 5.75 Å². The fraction of sp³-hybridized carbons (Fsp3) is 0.125. The summed E-state index contributed by atoms with van der Waals surface area (Å²) >= 11 is 6.73. The van der Waals surface area contributed by atoms with E-state index in [9.17, 15) is 14.9 Å². The lowest BCUT2D eigenvalue weighted by atomic mass is 10.1. The van der Waals surface area contributed by atoms with Gasteiger partial charge < -0.3 is 4.74 Å². The summed E-state index contributed by atoms with van der Waals surface area (Å²) in [6.07, 6.45) is 1.38. The van der Waals surface area contributed by atoms with Crippen LogP contribution in [0.25, 0.3) is 10.9 Å². The molecule has 0 saturated carbocycles. The molecule has 3 aromatic carbocycles. The van der Waals surface area contributed by atoms with Gasteiger partial charge in [0.1, 0.15) is 12.4 Å². The maximum absolute atomic E-state index is 12.9. The van der Waals surface area contributed by atoms with Gasteiger partial charge in [-0.05, 0) is 59.6 Å². The maximum atomic E-state index is 12.9. The van der Waals surface area contributed by atoms with Crippen LogP contribution in [0.1, 0.15) is 22.5 Å². The Morgan fingerprint density at radius 2 is 1.94 bits per heavy atom. The number of nitro groups is 1. The highest BCUT2D eigenvalue weighted by atomic mass is 79.9. The van der Waals surface area contributed by atoms with E-state index in [-0.39, 0.29) is 23.6 Å². The highest BCUT2D eigenvalue weighted by Gasteiger charge is 2.20. The van der Waals surface area contributed by atoms with E-state index in [4.69, 9.17) is 4.74 Å². The summed E-state index contributed by atoms with van der Waals surface area (Å²) in [6, 6.07) is 15.9. The van der Waals surface area contributed by atoms with Gasteiger partial charge in [-0.15, -0.1) is 0 Å². The standard InChI is InChI=1S/C24H18Br2N4O4/c1-14-4-3-5-16(8-14)13-34-23-20(26)9-17(10-22(23)30(32)33)12-27-29-15(2)28-21-7-6-18(25)11-19(21)24(29)31/h3-12H,13H2,1-2H3. The van der Waals surface area contributed by atoms with Crippen molar-refractivity contribution in [1.29, 1.82) is 0 Å². The van der Waals surface area contributed by atoms with E-state index in [1.807, 2.05) is 31.2 Å². The number of rotatable bonds is 6. The summed E-state index contributed by atoms with van der Waals surface area (Å²) in [4.78, 5) is 28.6. The molecule has 1 heterocycles. The average molecular weight is 586 g/mol. The first-order valence-corrected chi connectivity index (χ1v) is 11.7. The predicted octanol–water partition coefficient (Wildman–Crippen LogP) is 5.91. The zero-order valence-corrected chi connectivity index (χ0v) is 21.3. The van der Waals surface area contributed by atoms with Gasteiger partial charge in [-0.1, -0.05) is 45.8 Å². The summed E-state index contributed by atoms with van der Waals surface area (Å²) < 4.78 is 8.10. The van der Waals surface area contributed by atoms with Crippen LogP contribution in [0, 0.1) is 24.0 Å². The normalized spacial score (nSPS) is 11.3. The van der Waals surface area contributed by atoms with Gasteiger partial charge in [0, 0.05) is 16.1 Å².